The highest BCUT2D eigenvalue weighted by atomic mass is 16.5. The van der Waals surface area contributed by atoms with Gasteiger partial charge in [-0.05, 0) is 24.6 Å². The minimum Gasteiger partial charge on any atom is -0.496 e. The summed E-state index contributed by atoms with van der Waals surface area (Å²) >= 11 is 0. The van der Waals surface area contributed by atoms with E-state index in [-0.39, 0.29) is 18.9 Å². The molecular weight excluding hydrogens is 294 g/mol. The van der Waals surface area contributed by atoms with Gasteiger partial charge in [0, 0.05) is 11.3 Å². The fraction of sp³-hybridized carbons (Fsp3) is 0.222. The number of aryl methyl sites for hydroxylation is 1. The molecule has 5 heteroatoms. The molecule has 0 aliphatic carbocycles. The van der Waals surface area contributed by atoms with Crippen LogP contribution in [-0.4, -0.2) is 25.6 Å². The first-order chi connectivity index (χ1) is 11.1. The van der Waals surface area contributed by atoms with Crippen molar-refractivity contribution in [1.82, 2.24) is 0 Å². The summed E-state index contributed by atoms with van der Waals surface area (Å²) in [4.78, 5) is 23.7. The summed E-state index contributed by atoms with van der Waals surface area (Å²) in [7, 11) is 1.54. The van der Waals surface area contributed by atoms with Crippen LogP contribution >= 0.6 is 0 Å². The molecule has 0 aliphatic rings. The van der Waals surface area contributed by atoms with Gasteiger partial charge in [0.1, 0.15) is 5.75 Å². The molecule has 0 heterocycles. The Bertz CT molecular complexity index is 697. The molecule has 5 nitrogen and oxygen atoms in total. The lowest BCUT2D eigenvalue weighted by Crippen LogP contribution is -2.22. The largest absolute Gasteiger partial charge is 0.496 e. The highest BCUT2D eigenvalue weighted by molar-refractivity contribution is 5.93. The molecule has 23 heavy (non-hydrogen) atoms. The molecule has 0 aliphatic heterocycles. The molecule has 2 rings (SSSR count). The van der Waals surface area contributed by atoms with E-state index in [0.717, 1.165) is 11.1 Å². The fourth-order valence-electron chi connectivity index (χ4n) is 2.10. The SMILES string of the molecule is COc1ccccc1CC(=O)OCC(=O)Nc1ccccc1C. The van der Waals surface area contributed by atoms with Crippen LogP contribution in [0.15, 0.2) is 48.5 Å². The maximum atomic E-state index is 11.8. The number of benzene rings is 2. The van der Waals surface area contributed by atoms with Crippen LogP contribution in [0.25, 0.3) is 0 Å². The Kier molecular flexibility index (Phi) is 5.74. The molecule has 2 aromatic rings. The van der Waals surface area contributed by atoms with Crippen molar-refractivity contribution in [1.29, 1.82) is 0 Å². The summed E-state index contributed by atoms with van der Waals surface area (Å²) in [6.07, 6.45) is 0.0572. The third kappa shape index (κ3) is 4.85. The molecular formula is C18H19NO4. The number of methoxy groups -OCH3 is 1. The number of para-hydroxylation sites is 2. The predicted octanol–water partition coefficient (Wildman–Crippen LogP) is 2.73. The van der Waals surface area contributed by atoms with Gasteiger partial charge in [-0.1, -0.05) is 36.4 Å². The summed E-state index contributed by atoms with van der Waals surface area (Å²) < 4.78 is 10.2. The smallest absolute Gasteiger partial charge is 0.310 e. The molecule has 0 saturated carbocycles. The molecule has 0 radical (unpaired) electrons. The molecule has 1 N–H and O–H groups in total. The lowest BCUT2D eigenvalue weighted by Gasteiger charge is -2.10. The van der Waals surface area contributed by atoms with Gasteiger partial charge in [-0.15, -0.1) is 0 Å². The van der Waals surface area contributed by atoms with E-state index >= 15 is 0 Å². The maximum Gasteiger partial charge on any atom is 0.310 e. The number of hydrogen-bond donors (Lipinski definition) is 1. The third-order valence-electron chi connectivity index (χ3n) is 3.31. The van der Waals surface area contributed by atoms with Crippen LogP contribution in [0, 0.1) is 6.92 Å². The van der Waals surface area contributed by atoms with Crippen LogP contribution in [0.1, 0.15) is 11.1 Å². The van der Waals surface area contributed by atoms with Crippen LogP contribution in [0.2, 0.25) is 0 Å². The average Bonchev–Trinajstić information content (AvgIpc) is 2.55. The first kappa shape index (κ1) is 16.5. The lowest BCUT2D eigenvalue weighted by molar-refractivity contribution is -0.146. The normalized spacial score (nSPS) is 10.0. The summed E-state index contributed by atoms with van der Waals surface area (Å²) in [5.41, 5.74) is 2.37. The van der Waals surface area contributed by atoms with Gasteiger partial charge in [-0.3, -0.25) is 9.59 Å². The van der Waals surface area contributed by atoms with Gasteiger partial charge in [0.2, 0.25) is 0 Å². The molecule has 0 bridgehead atoms. The number of amides is 1. The third-order valence-corrected chi connectivity index (χ3v) is 3.31. The second kappa shape index (κ2) is 7.98. The van der Waals surface area contributed by atoms with Crippen LogP contribution < -0.4 is 10.1 Å². The van der Waals surface area contributed by atoms with Crippen LogP contribution in [0.4, 0.5) is 5.69 Å². The topological polar surface area (TPSA) is 64.6 Å². The fourth-order valence-corrected chi connectivity index (χ4v) is 2.10. The van der Waals surface area contributed by atoms with E-state index in [1.807, 2.05) is 37.3 Å². The van der Waals surface area contributed by atoms with Crippen LogP contribution in [0.3, 0.4) is 0 Å². The van der Waals surface area contributed by atoms with E-state index in [1.165, 1.54) is 0 Å². The van der Waals surface area contributed by atoms with Crippen LogP contribution in [0.5, 0.6) is 5.75 Å². The molecule has 0 atom stereocenters. The number of hydrogen-bond acceptors (Lipinski definition) is 4. The first-order valence-electron chi connectivity index (χ1n) is 7.23. The number of anilines is 1. The lowest BCUT2D eigenvalue weighted by atomic mass is 10.1. The molecule has 0 saturated heterocycles. The van der Waals surface area contributed by atoms with Crippen LogP contribution in [-0.2, 0) is 20.7 Å². The minimum atomic E-state index is -0.477. The Morgan fingerprint density at radius 3 is 2.48 bits per heavy atom. The van der Waals surface area contributed by atoms with E-state index in [4.69, 9.17) is 9.47 Å². The van der Waals surface area contributed by atoms with Crippen molar-refractivity contribution in [2.45, 2.75) is 13.3 Å². The van der Waals surface area contributed by atoms with Gasteiger partial charge < -0.3 is 14.8 Å². The molecule has 0 unspecified atom stereocenters. The predicted molar refractivity (Wildman–Crippen MR) is 87.5 cm³/mol. The second-order valence-corrected chi connectivity index (χ2v) is 5.01. The van der Waals surface area contributed by atoms with E-state index in [0.29, 0.717) is 11.4 Å². The van der Waals surface area contributed by atoms with Gasteiger partial charge in [0.25, 0.3) is 5.91 Å². The number of nitrogens with one attached hydrogen (secondary N) is 1. The molecule has 0 fully saturated rings. The summed E-state index contributed by atoms with van der Waals surface area (Å²) in [6.45, 7) is 1.58. The highest BCUT2D eigenvalue weighted by Gasteiger charge is 2.12. The van der Waals surface area contributed by atoms with Gasteiger partial charge in [0.05, 0.1) is 13.5 Å². The van der Waals surface area contributed by atoms with E-state index in [2.05, 4.69) is 5.32 Å². The van der Waals surface area contributed by atoms with Crippen molar-refractivity contribution >= 4 is 17.6 Å². The van der Waals surface area contributed by atoms with Gasteiger partial charge >= 0.3 is 5.97 Å². The Morgan fingerprint density at radius 2 is 1.74 bits per heavy atom. The quantitative estimate of drug-likeness (QED) is 0.833. The number of carbonyl (C=O) groups excluding carboxylic acids is 2. The molecule has 0 aromatic heterocycles. The zero-order chi connectivity index (χ0) is 16.7. The number of rotatable bonds is 6. The number of ether oxygens (including phenoxy) is 2. The molecule has 120 valence electrons. The van der Waals surface area contributed by atoms with Crippen molar-refractivity contribution in [3.05, 3.63) is 59.7 Å². The molecule has 0 spiro atoms. The monoisotopic (exact) mass is 313 g/mol. The molecule has 1 amide bonds. The minimum absolute atomic E-state index is 0.0572. The second-order valence-electron chi connectivity index (χ2n) is 5.01. The van der Waals surface area contributed by atoms with E-state index in [1.54, 1.807) is 25.3 Å². The maximum absolute atomic E-state index is 11.8. The van der Waals surface area contributed by atoms with Crippen molar-refractivity contribution in [2.24, 2.45) is 0 Å². The van der Waals surface area contributed by atoms with Crippen molar-refractivity contribution in [3.63, 3.8) is 0 Å². The van der Waals surface area contributed by atoms with Crippen molar-refractivity contribution in [3.8, 4) is 5.75 Å². The number of esters is 1. The zero-order valence-electron chi connectivity index (χ0n) is 13.2. The van der Waals surface area contributed by atoms with Crippen molar-refractivity contribution in [2.75, 3.05) is 19.0 Å². The van der Waals surface area contributed by atoms with Gasteiger partial charge in [-0.2, -0.15) is 0 Å². The Balaban J connectivity index is 1.84. The standard InChI is InChI=1S/C18H19NO4/c1-13-7-3-5-9-15(13)19-17(20)12-23-18(21)11-14-8-4-6-10-16(14)22-2/h3-10H,11-12H2,1-2H3,(H,19,20). The Hall–Kier alpha value is -2.82. The Labute approximate surface area is 135 Å². The van der Waals surface area contributed by atoms with E-state index in [9.17, 15) is 9.59 Å². The number of carbonyl (C=O) groups is 2. The van der Waals surface area contributed by atoms with E-state index < -0.39 is 5.97 Å². The Morgan fingerprint density at radius 1 is 1.04 bits per heavy atom. The average molecular weight is 313 g/mol. The summed E-state index contributed by atoms with van der Waals surface area (Å²) in [5, 5.41) is 2.71. The van der Waals surface area contributed by atoms with Gasteiger partial charge in [0.15, 0.2) is 6.61 Å². The first-order valence-corrected chi connectivity index (χ1v) is 7.23. The molecule has 2 aromatic carbocycles. The summed E-state index contributed by atoms with van der Waals surface area (Å²) in [5.74, 6) is -0.226. The van der Waals surface area contributed by atoms with Crippen molar-refractivity contribution < 1.29 is 19.1 Å². The zero-order valence-corrected chi connectivity index (χ0v) is 13.2. The van der Waals surface area contributed by atoms with Gasteiger partial charge in [-0.25, -0.2) is 0 Å². The summed E-state index contributed by atoms with van der Waals surface area (Å²) in [6, 6.07) is 14.6. The highest BCUT2D eigenvalue weighted by Crippen LogP contribution is 2.18.